The van der Waals surface area contributed by atoms with E-state index in [1.165, 1.54) is 20.8 Å². The van der Waals surface area contributed by atoms with E-state index < -0.39 is 56.9 Å². The van der Waals surface area contributed by atoms with Crippen LogP contribution >= 0.6 is 0 Å². The Bertz CT molecular complexity index is 584. The van der Waals surface area contributed by atoms with Crippen molar-refractivity contribution in [3.63, 3.8) is 0 Å². The van der Waals surface area contributed by atoms with Crippen LogP contribution in [0, 0.1) is 0 Å². The lowest BCUT2D eigenvalue weighted by molar-refractivity contribution is -0.289. The largest absolute Gasteiger partial charge is 0.463 e. The molecule has 1 N–H and O–H groups in total. The average Bonchev–Trinajstić information content (AvgIpc) is 2.49. The summed E-state index contributed by atoms with van der Waals surface area (Å²) in [6.07, 6.45) is -5.79. The highest BCUT2D eigenvalue weighted by molar-refractivity contribution is 6.74. The first-order valence-electron chi connectivity index (χ1n) is 9.15. The second-order valence-corrected chi connectivity index (χ2v) is 13.1. The minimum absolute atomic E-state index is 0.195. The fourth-order valence-corrected chi connectivity index (χ4v) is 3.82. The van der Waals surface area contributed by atoms with Crippen molar-refractivity contribution in [3.8, 4) is 0 Å². The van der Waals surface area contributed by atoms with E-state index in [0.717, 1.165) is 0 Å². The van der Waals surface area contributed by atoms with Crippen LogP contribution < -0.4 is 0 Å². The van der Waals surface area contributed by atoms with Crippen LogP contribution in [0.5, 0.6) is 0 Å². The number of carbonyl (C=O) groups excluding carboxylic acids is 3. The molecule has 1 heterocycles. The Morgan fingerprint density at radius 1 is 0.929 bits per heavy atom. The summed E-state index contributed by atoms with van der Waals surface area (Å²) in [6, 6.07) is 0. The zero-order chi connectivity index (χ0) is 21.9. The summed E-state index contributed by atoms with van der Waals surface area (Å²) >= 11 is 0. The number of carbonyl (C=O) groups is 3. The van der Waals surface area contributed by atoms with Crippen LogP contribution in [-0.4, -0.2) is 68.6 Å². The number of esters is 3. The van der Waals surface area contributed by atoms with Gasteiger partial charge in [0.05, 0.1) is 0 Å². The maximum atomic E-state index is 11.7. The third-order valence-corrected chi connectivity index (χ3v) is 9.37. The molecular formula is C18H32O9Si. The van der Waals surface area contributed by atoms with Crippen molar-refractivity contribution in [1.82, 2.24) is 0 Å². The Balaban J connectivity index is 3.25. The van der Waals surface area contributed by atoms with Crippen LogP contribution in [-0.2, 0) is 37.8 Å². The molecule has 0 bridgehead atoms. The Hall–Kier alpha value is -1.49. The zero-order valence-corrected chi connectivity index (χ0v) is 18.8. The molecule has 0 amide bonds. The number of hydrogen-bond acceptors (Lipinski definition) is 9. The number of aliphatic hydroxyl groups is 1. The van der Waals surface area contributed by atoms with Crippen LogP contribution in [0.3, 0.4) is 0 Å². The number of hydrogen-bond donors (Lipinski definition) is 1. The molecule has 1 rings (SSSR count). The van der Waals surface area contributed by atoms with Gasteiger partial charge in [-0.25, -0.2) is 0 Å². The molecule has 1 saturated heterocycles. The second kappa shape index (κ2) is 9.34. The summed E-state index contributed by atoms with van der Waals surface area (Å²) in [5, 5.41) is 10.4. The molecule has 0 saturated carbocycles. The zero-order valence-electron chi connectivity index (χ0n) is 17.8. The molecule has 1 unspecified atom stereocenters. The summed E-state index contributed by atoms with van der Waals surface area (Å²) < 4.78 is 27.4. The maximum Gasteiger partial charge on any atom is 0.303 e. The average molecular weight is 421 g/mol. The fraction of sp³-hybridized carbons (Fsp3) is 0.833. The predicted molar refractivity (Wildman–Crippen MR) is 101 cm³/mol. The summed E-state index contributed by atoms with van der Waals surface area (Å²) in [4.78, 5) is 34.5. The van der Waals surface area contributed by atoms with E-state index in [4.69, 9.17) is 23.4 Å². The number of rotatable bonds is 6. The molecule has 1 fully saturated rings. The molecule has 10 heteroatoms. The molecule has 28 heavy (non-hydrogen) atoms. The quantitative estimate of drug-likeness (QED) is 0.387. The van der Waals surface area contributed by atoms with E-state index in [1.54, 1.807) is 0 Å². The standard InChI is InChI=1S/C18H32O9Si/c1-10(19)23-9-13-14(24-11(2)20)15(25-12(3)21)16(17(22)26-13)27-28(7,8)18(4,5)6/h13-17,22H,9H2,1-8H3/t13-,14-,15+,16-,17?/m1/s1. The van der Waals surface area contributed by atoms with E-state index >= 15 is 0 Å². The van der Waals surface area contributed by atoms with Crippen LogP contribution in [0.4, 0.5) is 0 Å². The number of ether oxygens (including phenoxy) is 4. The van der Waals surface area contributed by atoms with Gasteiger partial charge in [0, 0.05) is 20.8 Å². The predicted octanol–water partition coefficient (Wildman–Crippen LogP) is 1.52. The van der Waals surface area contributed by atoms with Crippen molar-refractivity contribution < 1.29 is 42.9 Å². The van der Waals surface area contributed by atoms with Gasteiger partial charge in [-0.2, -0.15) is 0 Å². The molecule has 9 nitrogen and oxygen atoms in total. The Morgan fingerprint density at radius 3 is 1.86 bits per heavy atom. The van der Waals surface area contributed by atoms with Gasteiger partial charge < -0.3 is 28.5 Å². The van der Waals surface area contributed by atoms with E-state index in [2.05, 4.69) is 0 Å². The van der Waals surface area contributed by atoms with E-state index in [-0.39, 0.29) is 11.6 Å². The van der Waals surface area contributed by atoms with E-state index in [1.807, 2.05) is 33.9 Å². The minimum atomic E-state index is -2.41. The van der Waals surface area contributed by atoms with E-state index in [9.17, 15) is 19.5 Å². The van der Waals surface area contributed by atoms with Gasteiger partial charge >= 0.3 is 17.9 Å². The topological polar surface area (TPSA) is 118 Å². The van der Waals surface area contributed by atoms with Crippen molar-refractivity contribution in [2.75, 3.05) is 6.61 Å². The summed E-state index contributed by atoms with van der Waals surface area (Å²) in [7, 11) is -2.41. The van der Waals surface area contributed by atoms with Gasteiger partial charge in [0.1, 0.15) is 18.8 Å². The lowest BCUT2D eigenvalue weighted by Gasteiger charge is -2.47. The lowest BCUT2D eigenvalue weighted by atomic mass is 9.98. The summed E-state index contributed by atoms with van der Waals surface area (Å²) in [5.41, 5.74) is 0. The third kappa shape index (κ3) is 6.54. The molecule has 1 aliphatic rings. The van der Waals surface area contributed by atoms with Crippen molar-refractivity contribution in [2.24, 2.45) is 0 Å². The molecule has 0 spiro atoms. The van der Waals surface area contributed by atoms with Gasteiger partial charge in [0.25, 0.3) is 0 Å². The number of aliphatic hydroxyl groups excluding tert-OH is 1. The van der Waals surface area contributed by atoms with Crippen LogP contribution in [0.25, 0.3) is 0 Å². The molecule has 0 aromatic carbocycles. The molecule has 0 aliphatic carbocycles. The van der Waals surface area contributed by atoms with Crippen LogP contribution in [0.2, 0.25) is 18.1 Å². The highest BCUT2D eigenvalue weighted by Crippen LogP contribution is 2.40. The van der Waals surface area contributed by atoms with Gasteiger partial charge in [-0.3, -0.25) is 14.4 Å². The maximum absolute atomic E-state index is 11.7. The molecule has 1 aliphatic heterocycles. The van der Waals surface area contributed by atoms with Gasteiger partial charge in [-0.15, -0.1) is 0 Å². The van der Waals surface area contributed by atoms with Gasteiger partial charge in [-0.1, -0.05) is 20.8 Å². The fourth-order valence-electron chi connectivity index (χ4n) is 2.53. The Morgan fingerprint density at radius 2 is 1.43 bits per heavy atom. The van der Waals surface area contributed by atoms with Gasteiger partial charge in [0.15, 0.2) is 26.8 Å². The van der Waals surface area contributed by atoms with Crippen molar-refractivity contribution >= 4 is 26.2 Å². The smallest absolute Gasteiger partial charge is 0.303 e. The first-order valence-corrected chi connectivity index (χ1v) is 12.1. The first-order chi connectivity index (χ1) is 12.7. The Kier molecular flexibility index (Phi) is 8.18. The Labute approximate surface area is 166 Å². The van der Waals surface area contributed by atoms with Crippen LogP contribution in [0.1, 0.15) is 41.5 Å². The monoisotopic (exact) mass is 420 g/mol. The van der Waals surface area contributed by atoms with Crippen molar-refractivity contribution in [1.29, 1.82) is 0 Å². The first kappa shape index (κ1) is 24.5. The molecule has 0 aromatic rings. The lowest BCUT2D eigenvalue weighted by Crippen LogP contribution is -2.64. The SMILES string of the molecule is CC(=O)OC[C@H]1OC(O)[C@H](O[Si](C)(C)C(C)(C)C)[C@@H](OC(C)=O)[C@@H]1OC(C)=O. The minimum Gasteiger partial charge on any atom is -0.463 e. The van der Waals surface area contributed by atoms with E-state index in [0.29, 0.717) is 0 Å². The van der Waals surface area contributed by atoms with Gasteiger partial charge in [0.2, 0.25) is 0 Å². The second-order valence-electron chi connectivity index (χ2n) is 8.36. The van der Waals surface area contributed by atoms with Gasteiger partial charge in [-0.05, 0) is 18.1 Å². The molecule has 0 radical (unpaired) electrons. The third-order valence-electron chi connectivity index (χ3n) is 4.90. The molecular weight excluding hydrogens is 388 g/mol. The highest BCUT2D eigenvalue weighted by atomic mass is 28.4. The summed E-state index contributed by atoms with van der Waals surface area (Å²) in [6.45, 7) is 13.3. The molecule has 5 atom stereocenters. The van der Waals surface area contributed by atoms with Crippen LogP contribution in [0.15, 0.2) is 0 Å². The highest BCUT2D eigenvalue weighted by Gasteiger charge is 2.53. The molecule has 0 aromatic heterocycles. The normalized spacial score (nSPS) is 28.4. The molecule has 162 valence electrons. The van der Waals surface area contributed by atoms with Crippen molar-refractivity contribution in [3.05, 3.63) is 0 Å². The summed E-state index contributed by atoms with van der Waals surface area (Å²) in [5.74, 6) is -1.84. The van der Waals surface area contributed by atoms with Crippen molar-refractivity contribution in [2.45, 2.75) is 90.4 Å².